The number of carbonyl (C=O) groups excluding carboxylic acids is 1. The van der Waals surface area contributed by atoms with E-state index < -0.39 is 15.9 Å². The molecule has 5 nitrogen and oxygen atoms in total. The van der Waals surface area contributed by atoms with Crippen LogP contribution in [-0.4, -0.2) is 20.6 Å². The summed E-state index contributed by atoms with van der Waals surface area (Å²) in [5, 5.41) is 0.502. The van der Waals surface area contributed by atoms with Crippen molar-refractivity contribution in [3.05, 3.63) is 34.9 Å². The highest BCUT2D eigenvalue weighted by atomic mass is 35.5. The molecule has 0 spiro atoms. The van der Waals surface area contributed by atoms with Crippen molar-refractivity contribution < 1.29 is 13.2 Å². The van der Waals surface area contributed by atoms with Gasteiger partial charge in [-0.15, -0.1) is 4.83 Å². The molecule has 0 unspecified atom stereocenters. The van der Waals surface area contributed by atoms with Crippen molar-refractivity contribution in [3.8, 4) is 0 Å². The second-order valence-corrected chi connectivity index (χ2v) is 5.02. The number of sulfonamides is 1. The fraction of sp³-hybridized carbons (Fsp3) is 0.125. The van der Waals surface area contributed by atoms with Crippen molar-refractivity contribution in [2.45, 2.75) is 0 Å². The van der Waals surface area contributed by atoms with E-state index in [1.165, 1.54) is 24.3 Å². The molecule has 1 rings (SSSR count). The summed E-state index contributed by atoms with van der Waals surface area (Å²) < 4.78 is 21.3. The van der Waals surface area contributed by atoms with Gasteiger partial charge in [-0.05, 0) is 24.3 Å². The largest absolute Gasteiger partial charge is 0.274 e. The maximum Gasteiger partial charge on any atom is 0.266 e. The van der Waals surface area contributed by atoms with Crippen LogP contribution in [0.1, 0.15) is 10.4 Å². The number of halogens is 1. The standard InChI is InChI=1S/C8H9ClN2O3S/c1-15(13,14)11-10-8(12)6-2-4-7(9)5-3-6/h2-5,11H,1H3,(H,10,12). The number of rotatable bonds is 3. The molecular weight excluding hydrogens is 240 g/mol. The van der Waals surface area contributed by atoms with Crippen LogP contribution < -0.4 is 10.3 Å². The predicted molar refractivity (Wildman–Crippen MR) is 56.9 cm³/mol. The first kappa shape index (κ1) is 12.0. The van der Waals surface area contributed by atoms with E-state index >= 15 is 0 Å². The molecule has 0 saturated carbocycles. The maximum absolute atomic E-state index is 11.3. The zero-order chi connectivity index (χ0) is 11.5. The van der Waals surface area contributed by atoms with Gasteiger partial charge in [-0.2, -0.15) is 0 Å². The highest BCUT2D eigenvalue weighted by molar-refractivity contribution is 7.88. The summed E-state index contributed by atoms with van der Waals surface area (Å²) in [5.74, 6) is -0.544. The van der Waals surface area contributed by atoms with Crippen LogP contribution in [0, 0.1) is 0 Å². The number of hydrogen-bond acceptors (Lipinski definition) is 3. The Kier molecular flexibility index (Phi) is 3.67. The Morgan fingerprint density at radius 3 is 2.27 bits per heavy atom. The van der Waals surface area contributed by atoms with E-state index in [1.807, 2.05) is 10.3 Å². The van der Waals surface area contributed by atoms with Gasteiger partial charge in [0.05, 0.1) is 6.26 Å². The molecule has 0 radical (unpaired) electrons. The molecule has 0 aliphatic heterocycles. The molecule has 0 aromatic heterocycles. The number of hydrazine groups is 1. The zero-order valence-corrected chi connectivity index (χ0v) is 9.39. The highest BCUT2D eigenvalue weighted by Crippen LogP contribution is 2.08. The van der Waals surface area contributed by atoms with Gasteiger partial charge in [-0.25, -0.2) is 8.42 Å². The highest BCUT2D eigenvalue weighted by Gasteiger charge is 2.07. The van der Waals surface area contributed by atoms with E-state index in [-0.39, 0.29) is 0 Å². The van der Waals surface area contributed by atoms with Gasteiger partial charge in [0.2, 0.25) is 10.0 Å². The molecular formula is C8H9ClN2O3S. The first-order valence-electron chi connectivity index (χ1n) is 3.91. The lowest BCUT2D eigenvalue weighted by Crippen LogP contribution is -2.40. The Morgan fingerprint density at radius 2 is 1.80 bits per heavy atom. The summed E-state index contributed by atoms with van der Waals surface area (Å²) in [6, 6.07) is 6.05. The molecule has 0 heterocycles. The molecule has 15 heavy (non-hydrogen) atoms. The molecule has 0 aliphatic rings. The maximum atomic E-state index is 11.3. The Bertz CT molecular complexity index is 455. The van der Waals surface area contributed by atoms with Crippen LogP contribution in [-0.2, 0) is 10.0 Å². The molecule has 0 aliphatic carbocycles. The number of carbonyl (C=O) groups is 1. The molecule has 7 heteroatoms. The summed E-state index contributed by atoms with van der Waals surface area (Å²) >= 11 is 5.62. The minimum absolute atomic E-state index is 0.315. The van der Waals surface area contributed by atoms with Gasteiger partial charge >= 0.3 is 0 Å². The van der Waals surface area contributed by atoms with E-state index in [0.717, 1.165) is 6.26 Å². The van der Waals surface area contributed by atoms with E-state index in [0.29, 0.717) is 10.6 Å². The molecule has 1 aromatic rings. The third-order valence-corrected chi connectivity index (χ3v) is 2.18. The lowest BCUT2D eigenvalue weighted by Gasteiger charge is -2.04. The van der Waals surface area contributed by atoms with Crippen LogP contribution >= 0.6 is 11.6 Å². The van der Waals surface area contributed by atoms with Crippen molar-refractivity contribution in [2.75, 3.05) is 6.26 Å². The van der Waals surface area contributed by atoms with Gasteiger partial charge in [0, 0.05) is 10.6 Å². The molecule has 1 aromatic carbocycles. The van der Waals surface area contributed by atoms with Crippen LogP contribution in [0.15, 0.2) is 24.3 Å². The van der Waals surface area contributed by atoms with Crippen molar-refractivity contribution in [2.24, 2.45) is 0 Å². The lowest BCUT2D eigenvalue weighted by atomic mass is 10.2. The summed E-state index contributed by atoms with van der Waals surface area (Å²) in [5.41, 5.74) is 2.35. The molecule has 0 bridgehead atoms. The Morgan fingerprint density at radius 1 is 1.27 bits per heavy atom. The Labute approximate surface area is 92.5 Å². The minimum atomic E-state index is -3.44. The van der Waals surface area contributed by atoms with Gasteiger partial charge < -0.3 is 0 Å². The van der Waals surface area contributed by atoms with Crippen molar-refractivity contribution in [1.82, 2.24) is 10.3 Å². The van der Waals surface area contributed by atoms with Crippen LogP contribution in [0.2, 0.25) is 5.02 Å². The first-order valence-corrected chi connectivity index (χ1v) is 6.18. The van der Waals surface area contributed by atoms with Crippen LogP contribution in [0.5, 0.6) is 0 Å². The van der Waals surface area contributed by atoms with Crippen LogP contribution in [0.3, 0.4) is 0 Å². The number of hydrogen-bond donors (Lipinski definition) is 2. The SMILES string of the molecule is CS(=O)(=O)NNC(=O)c1ccc(Cl)cc1. The van der Waals surface area contributed by atoms with Crippen molar-refractivity contribution in [1.29, 1.82) is 0 Å². The predicted octanol–water partition coefficient (Wildman–Crippen LogP) is 0.534. The fourth-order valence-electron chi connectivity index (χ4n) is 0.812. The lowest BCUT2D eigenvalue weighted by molar-refractivity contribution is 0.0945. The van der Waals surface area contributed by atoms with Crippen molar-refractivity contribution in [3.63, 3.8) is 0 Å². The van der Waals surface area contributed by atoms with Crippen molar-refractivity contribution >= 4 is 27.5 Å². The van der Waals surface area contributed by atoms with Crippen LogP contribution in [0.25, 0.3) is 0 Å². The van der Waals surface area contributed by atoms with E-state index in [9.17, 15) is 13.2 Å². The smallest absolute Gasteiger partial charge is 0.266 e. The molecule has 1 amide bonds. The average Bonchev–Trinajstić information content (AvgIpc) is 2.14. The monoisotopic (exact) mass is 248 g/mol. The summed E-state index contributed by atoms with van der Waals surface area (Å²) in [4.78, 5) is 13.2. The topological polar surface area (TPSA) is 75.3 Å². The number of nitrogens with one attached hydrogen (secondary N) is 2. The molecule has 82 valence electrons. The van der Waals surface area contributed by atoms with Gasteiger partial charge in [-0.1, -0.05) is 11.6 Å². The van der Waals surface area contributed by atoms with Gasteiger partial charge in [0.25, 0.3) is 5.91 Å². The van der Waals surface area contributed by atoms with Gasteiger partial charge in [0.15, 0.2) is 0 Å². The van der Waals surface area contributed by atoms with Gasteiger partial charge in [0.1, 0.15) is 0 Å². The average molecular weight is 249 g/mol. The third-order valence-electron chi connectivity index (χ3n) is 1.46. The second-order valence-electron chi connectivity index (χ2n) is 2.84. The quantitative estimate of drug-likeness (QED) is 0.767. The summed E-state index contributed by atoms with van der Waals surface area (Å²) in [7, 11) is -3.44. The fourth-order valence-corrected chi connectivity index (χ4v) is 1.22. The normalized spacial score (nSPS) is 11.1. The van der Waals surface area contributed by atoms with Crippen LogP contribution in [0.4, 0.5) is 0 Å². The minimum Gasteiger partial charge on any atom is -0.274 e. The van der Waals surface area contributed by atoms with Gasteiger partial charge in [-0.3, -0.25) is 10.2 Å². The first-order chi connectivity index (χ1) is 6.88. The molecule has 0 atom stereocenters. The van der Waals surface area contributed by atoms with E-state index in [2.05, 4.69) is 0 Å². The number of benzene rings is 1. The molecule has 0 fully saturated rings. The zero-order valence-electron chi connectivity index (χ0n) is 7.82. The molecule has 2 N–H and O–H groups in total. The number of amides is 1. The van der Waals surface area contributed by atoms with E-state index in [1.54, 1.807) is 0 Å². The summed E-state index contributed by atoms with van der Waals surface area (Å²) in [6.07, 6.45) is 0.940. The second kappa shape index (κ2) is 4.61. The molecule has 0 saturated heterocycles. The Hall–Kier alpha value is -1.11. The van der Waals surface area contributed by atoms with E-state index in [4.69, 9.17) is 11.6 Å². The summed E-state index contributed by atoms with van der Waals surface area (Å²) in [6.45, 7) is 0. The Balaban J connectivity index is 2.66. The third kappa shape index (κ3) is 4.28.